The quantitative estimate of drug-likeness (QED) is 0.615. The summed E-state index contributed by atoms with van der Waals surface area (Å²) in [6, 6.07) is 14.7. The number of nitrogens with zero attached hydrogens (tertiary/aromatic N) is 1. The van der Waals surface area contributed by atoms with E-state index >= 15 is 0 Å². The smallest absolute Gasteiger partial charge is 0.287 e. The Morgan fingerprint density at radius 2 is 1.87 bits per heavy atom. The molecule has 1 aromatic heterocycles. The molecule has 2 aromatic carbocycles. The van der Waals surface area contributed by atoms with Crippen molar-refractivity contribution in [2.24, 2.45) is 0 Å². The number of benzene rings is 2. The molecule has 1 amide bonds. The predicted molar refractivity (Wildman–Crippen MR) is 119 cm³/mol. The Bertz CT molecular complexity index is 1100. The Morgan fingerprint density at radius 3 is 2.60 bits per heavy atom. The zero-order valence-electron chi connectivity index (χ0n) is 16.7. The number of ether oxygens (including phenoxy) is 1. The highest BCUT2D eigenvalue weighted by Gasteiger charge is 2.24. The van der Waals surface area contributed by atoms with Crippen molar-refractivity contribution in [3.8, 4) is 0 Å². The molecule has 1 aliphatic rings. The zero-order chi connectivity index (χ0) is 21.1. The summed E-state index contributed by atoms with van der Waals surface area (Å²) in [6.07, 6.45) is 0. The zero-order valence-corrected chi connectivity index (χ0v) is 18.3. The fourth-order valence-corrected chi connectivity index (χ4v) is 3.99. The van der Waals surface area contributed by atoms with Gasteiger partial charge in [-0.25, -0.2) is 0 Å². The van der Waals surface area contributed by atoms with Crippen LogP contribution in [0, 0.1) is 6.92 Å². The monoisotopic (exact) mass is 470 g/mol. The van der Waals surface area contributed by atoms with Gasteiger partial charge in [0.15, 0.2) is 11.2 Å². The summed E-state index contributed by atoms with van der Waals surface area (Å²) in [6.45, 7) is 5.40. The molecule has 3 aromatic rings. The minimum atomic E-state index is -0.403. The summed E-state index contributed by atoms with van der Waals surface area (Å²) in [7, 11) is 0. The van der Waals surface area contributed by atoms with Gasteiger partial charge in [-0.05, 0) is 30.7 Å². The molecule has 1 fully saturated rings. The first-order valence-electron chi connectivity index (χ1n) is 9.91. The van der Waals surface area contributed by atoms with Crippen LogP contribution in [0.4, 0.5) is 0 Å². The normalized spacial score (nSPS) is 15.8. The van der Waals surface area contributed by atoms with Gasteiger partial charge in [0.05, 0.1) is 24.6 Å². The molecule has 0 bridgehead atoms. The summed E-state index contributed by atoms with van der Waals surface area (Å²) >= 11 is 3.37. The van der Waals surface area contributed by atoms with E-state index in [9.17, 15) is 9.59 Å². The summed E-state index contributed by atoms with van der Waals surface area (Å²) in [5.74, 6) is -0.394. The standard InChI is InChI=1S/C23H23BrN2O4/c1-15-2-4-16(5-3-15)19(26-8-10-29-11-9-26)14-25-23(28)22-13-20(27)18-7-6-17(24)12-21(18)30-22/h2-7,12-13,19H,8-11,14H2,1H3,(H,25,28). The lowest BCUT2D eigenvalue weighted by atomic mass is 10.0. The number of hydrogen-bond acceptors (Lipinski definition) is 5. The molecule has 1 atom stereocenters. The number of rotatable bonds is 5. The molecule has 1 unspecified atom stereocenters. The molecule has 0 radical (unpaired) electrons. The summed E-state index contributed by atoms with van der Waals surface area (Å²) in [5, 5.41) is 3.40. The first-order valence-corrected chi connectivity index (χ1v) is 10.7. The van der Waals surface area contributed by atoms with Crippen LogP contribution in [0.2, 0.25) is 0 Å². The van der Waals surface area contributed by atoms with Crippen LogP contribution >= 0.6 is 15.9 Å². The van der Waals surface area contributed by atoms with E-state index in [1.54, 1.807) is 18.2 Å². The molecule has 156 valence electrons. The molecular formula is C23H23BrN2O4. The number of halogens is 1. The first-order chi connectivity index (χ1) is 14.5. The van der Waals surface area contributed by atoms with Crippen molar-refractivity contribution in [2.75, 3.05) is 32.8 Å². The maximum atomic E-state index is 12.8. The molecular weight excluding hydrogens is 448 g/mol. The van der Waals surface area contributed by atoms with Crippen molar-refractivity contribution in [2.45, 2.75) is 13.0 Å². The van der Waals surface area contributed by atoms with Crippen LogP contribution in [-0.2, 0) is 4.74 Å². The van der Waals surface area contributed by atoms with E-state index in [1.165, 1.54) is 11.6 Å². The molecule has 1 saturated heterocycles. The number of amides is 1. The van der Waals surface area contributed by atoms with Crippen LogP contribution in [-0.4, -0.2) is 43.7 Å². The largest absolute Gasteiger partial charge is 0.451 e. The van der Waals surface area contributed by atoms with Crippen LogP contribution in [0.25, 0.3) is 11.0 Å². The summed E-state index contributed by atoms with van der Waals surface area (Å²) < 4.78 is 12.0. The molecule has 7 heteroatoms. The van der Waals surface area contributed by atoms with E-state index in [0.717, 1.165) is 23.1 Å². The molecule has 30 heavy (non-hydrogen) atoms. The van der Waals surface area contributed by atoms with Gasteiger partial charge in [0, 0.05) is 30.2 Å². The molecule has 1 aliphatic heterocycles. The van der Waals surface area contributed by atoms with Crippen molar-refractivity contribution in [3.05, 3.63) is 80.1 Å². The van der Waals surface area contributed by atoms with Gasteiger partial charge in [0.2, 0.25) is 0 Å². The van der Waals surface area contributed by atoms with Gasteiger partial charge in [-0.15, -0.1) is 0 Å². The van der Waals surface area contributed by atoms with Crippen molar-refractivity contribution >= 4 is 32.8 Å². The van der Waals surface area contributed by atoms with Crippen LogP contribution in [0.3, 0.4) is 0 Å². The van der Waals surface area contributed by atoms with E-state index in [0.29, 0.717) is 30.7 Å². The number of carbonyl (C=O) groups is 1. The van der Waals surface area contributed by atoms with Gasteiger partial charge < -0.3 is 14.5 Å². The maximum Gasteiger partial charge on any atom is 0.287 e. The number of carbonyl (C=O) groups excluding carboxylic acids is 1. The molecule has 4 rings (SSSR count). The van der Waals surface area contributed by atoms with E-state index in [-0.39, 0.29) is 17.2 Å². The highest BCUT2D eigenvalue weighted by atomic mass is 79.9. The Hall–Kier alpha value is -2.48. The predicted octanol–water partition coefficient (Wildman–Crippen LogP) is 3.67. The number of aryl methyl sites for hydroxylation is 1. The number of fused-ring (bicyclic) bond motifs is 1. The van der Waals surface area contributed by atoms with E-state index < -0.39 is 5.91 Å². The lowest BCUT2D eigenvalue weighted by Gasteiger charge is -2.35. The fourth-order valence-electron chi connectivity index (χ4n) is 3.65. The van der Waals surface area contributed by atoms with Gasteiger partial charge >= 0.3 is 0 Å². The van der Waals surface area contributed by atoms with Crippen LogP contribution < -0.4 is 10.7 Å². The Kier molecular flexibility index (Phi) is 6.32. The van der Waals surface area contributed by atoms with Gasteiger partial charge in [0.25, 0.3) is 5.91 Å². The topological polar surface area (TPSA) is 71.8 Å². The minimum Gasteiger partial charge on any atom is -0.451 e. The highest BCUT2D eigenvalue weighted by Crippen LogP contribution is 2.22. The van der Waals surface area contributed by atoms with Crippen LogP contribution in [0.5, 0.6) is 0 Å². The average Bonchev–Trinajstić information content (AvgIpc) is 2.75. The molecule has 0 saturated carbocycles. The summed E-state index contributed by atoms with van der Waals surface area (Å²) in [4.78, 5) is 27.5. The van der Waals surface area contributed by atoms with Crippen molar-refractivity contribution < 1.29 is 13.9 Å². The van der Waals surface area contributed by atoms with Gasteiger partial charge in [0.1, 0.15) is 5.58 Å². The first kappa shape index (κ1) is 20.8. The van der Waals surface area contributed by atoms with Crippen LogP contribution in [0.1, 0.15) is 27.7 Å². The van der Waals surface area contributed by atoms with Crippen molar-refractivity contribution in [1.82, 2.24) is 10.2 Å². The van der Waals surface area contributed by atoms with Crippen molar-refractivity contribution in [1.29, 1.82) is 0 Å². The molecule has 1 N–H and O–H groups in total. The Morgan fingerprint density at radius 1 is 1.13 bits per heavy atom. The molecule has 2 heterocycles. The number of nitrogens with one attached hydrogen (secondary N) is 1. The molecule has 0 aliphatic carbocycles. The number of morpholine rings is 1. The minimum absolute atomic E-state index is 0.00948. The van der Waals surface area contributed by atoms with Gasteiger partial charge in [-0.3, -0.25) is 14.5 Å². The van der Waals surface area contributed by atoms with Crippen LogP contribution in [0.15, 0.2) is 62.2 Å². The van der Waals surface area contributed by atoms with Crippen molar-refractivity contribution in [3.63, 3.8) is 0 Å². The third-order valence-electron chi connectivity index (χ3n) is 5.32. The Labute approximate surface area is 183 Å². The second-order valence-corrected chi connectivity index (χ2v) is 8.32. The van der Waals surface area contributed by atoms with E-state index in [1.807, 2.05) is 0 Å². The third kappa shape index (κ3) is 4.64. The second-order valence-electron chi connectivity index (χ2n) is 7.40. The van der Waals surface area contributed by atoms with Gasteiger partial charge in [-0.2, -0.15) is 0 Å². The third-order valence-corrected chi connectivity index (χ3v) is 5.81. The van der Waals surface area contributed by atoms with Gasteiger partial charge in [-0.1, -0.05) is 45.8 Å². The van der Waals surface area contributed by atoms with E-state index in [2.05, 4.69) is 57.3 Å². The molecule has 0 spiro atoms. The second kappa shape index (κ2) is 9.12. The lowest BCUT2D eigenvalue weighted by molar-refractivity contribution is 0.0161. The summed E-state index contributed by atoms with van der Waals surface area (Å²) in [5.41, 5.74) is 2.46. The maximum absolute atomic E-state index is 12.8. The Balaban J connectivity index is 1.55. The number of hydrogen-bond donors (Lipinski definition) is 1. The lowest BCUT2D eigenvalue weighted by Crippen LogP contribution is -2.43. The highest BCUT2D eigenvalue weighted by molar-refractivity contribution is 9.10. The fraction of sp³-hybridized carbons (Fsp3) is 0.304. The average molecular weight is 471 g/mol. The SMILES string of the molecule is Cc1ccc(C(CNC(=O)c2cc(=O)c3ccc(Br)cc3o2)N2CCOCC2)cc1. The van der Waals surface area contributed by atoms with E-state index in [4.69, 9.17) is 9.15 Å². The molecule has 6 nitrogen and oxygen atoms in total.